The standard InChI is InChI=1S/C9H16N2.5C8H14N2.C8H13NO.2C7H13N3/c1-7-8(9(2,3)4)10-6-11(7)5;1-8(2,3)7-5-10(4)6-9-7;1-8(2,3)7-5-9-10(4)6-7;1-8(2,3)7-5-6-10(4)9-7;1-6-9-5-7(10-6)8(2,3)4;1-6-5-9-7(10-6)8(2,3)4;1-6-5-7(10-9-6)8(2,3)4;1-7(2,3)6-5-10(4)9-8-6;1-5-8-6(10-9-5)7(2,3)4/h6H,1-5H3;3*5-6H,1-4H3;2*5H,1-4H3,(H,9,10);2*5H,1-4H3;1-4H3,(H,8,9,10). The SMILES string of the molecule is Cc1c(C(C)(C)C)ncn1C.Cc1cc(C(C)(C)C)on1.Cc1cnc(C(C)(C)C)[nH]1.Cc1nc(C(C)(C)C)n[nH]1.Cc1ncc(C(C)(C)C)[nH]1.Cn1cc(C(C)(C)C)cn1.Cn1cc(C(C)(C)C)nn1.Cn1ccc(C(C)(C)C)n1.Cn1cnc(C(C)(C)C)c1. The molecular weight excluding hydrogens is 1130 g/mol. The molecule has 9 rings (SSSR count). The number of imidazole rings is 4. The quantitative estimate of drug-likeness (QED) is 0.129. The molecule has 0 saturated heterocycles. The van der Waals surface area contributed by atoms with E-state index in [0.29, 0.717) is 0 Å². The van der Waals surface area contributed by atoms with Gasteiger partial charge in [-0.2, -0.15) is 15.3 Å². The topological polar surface area (TPSA) is 227 Å². The minimum absolute atomic E-state index is 0.0603. The molecule has 0 aliphatic rings. The molecule has 510 valence electrons. The number of rotatable bonds is 0. The number of aromatic amines is 3. The molecule has 9 aromatic heterocycles. The van der Waals surface area contributed by atoms with Gasteiger partial charge in [-0.25, -0.2) is 24.9 Å². The molecule has 0 saturated carbocycles. The van der Waals surface area contributed by atoms with Gasteiger partial charge in [-0.3, -0.25) is 19.1 Å². The number of hydrogen-bond acceptors (Lipinski definition) is 12. The number of H-pyrrole nitrogens is 3. The molecule has 3 N–H and O–H groups in total. The molecule has 0 atom stereocenters. The van der Waals surface area contributed by atoms with Gasteiger partial charge in [0.1, 0.15) is 23.2 Å². The minimum atomic E-state index is 0.0603. The summed E-state index contributed by atoms with van der Waals surface area (Å²) in [5, 5.41) is 26.9. The van der Waals surface area contributed by atoms with Gasteiger partial charge in [0.2, 0.25) is 0 Å². The Morgan fingerprint density at radius 3 is 1.24 bits per heavy atom. The first kappa shape index (κ1) is 81.8. The Labute approximate surface area is 549 Å². The van der Waals surface area contributed by atoms with E-state index in [4.69, 9.17) is 4.52 Å². The van der Waals surface area contributed by atoms with Gasteiger partial charge in [-0.1, -0.05) is 197 Å². The third kappa shape index (κ3) is 31.1. The largest absolute Gasteiger partial charge is 0.361 e. The molecule has 0 amide bonds. The second kappa shape index (κ2) is 32.8. The molecular formula is C71H125N19O. The Bertz CT molecular complexity index is 2850. The Morgan fingerprint density at radius 2 is 1.04 bits per heavy atom. The van der Waals surface area contributed by atoms with E-state index < -0.39 is 0 Å². The predicted octanol–water partition coefficient (Wildman–Crippen LogP) is 16.0. The molecule has 9 heterocycles. The summed E-state index contributed by atoms with van der Waals surface area (Å²) in [7, 11) is 9.77. The van der Waals surface area contributed by atoms with E-state index in [1.54, 1.807) is 4.68 Å². The fourth-order valence-electron chi connectivity index (χ4n) is 7.33. The molecule has 91 heavy (non-hydrogen) atoms. The molecule has 0 spiro atoms. The van der Waals surface area contributed by atoms with E-state index in [1.807, 2.05) is 127 Å². The Morgan fingerprint density at radius 1 is 0.473 bits per heavy atom. The number of nitrogens with zero attached hydrogens (tertiary/aromatic N) is 16. The minimum Gasteiger partial charge on any atom is -0.361 e. The van der Waals surface area contributed by atoms with Crippen LogP contribution in [0.3, 0.4) is 0 Å². The molecule has 9 aromatic rings. The number of nitrogens with one attached hydrogen (secondary N) is 3. The lowest BCUT2D eigenvalue weighted by molar-refractivity contribution is 0.327. The lowest BCUT2D eigenvalue weighted by atomic mass is 9.90. The summed E-state index contributed by atoms with van der Waals surface area (Å²) in [4.78, 5) is 27.6. The van der Waals surface area contributed by atoms with Crippen molar-refractivity contribution in [2.75, 3.05) is 0 Å². The van der Waals surface area contributed by atoms with E-state index in [0.717, 1.165) is 57.5 Å². The van der Waals surface area contributed by atoms with Gasteiger partial charge in [0, 0.05) is 139 Å². The van der Waals surface area contributed by atoms with Gasteiger partial charge in [0.15, 0.2) is 5.82 Å². The van der Waals surface area contributed by atoms with E-state index in [2.05, 4.69) is 288 Å². The van der Waals surface area contributed by atoms with Crippen molar-refractivity contribution in [3.8, 4) is 0 Å². The molecule has 20 nitrogen and oxygen atoms in total. The van der Waals surface area contributed by atoms with Gasteiger partial charge in [-0.15, -0.1) is 5.10 Å². The van der Waals surface area contributed by atoms with Crippen LogP contribution in [-0.4, -0.2) is 93.9 Å². The number of hydrogen-bond donors (Lipinski definition) is 3. The van der Waals surface area contributed by atoms with Crippen LogP contribution in [0, 0.1) is 34.6 Å². The van der Waals surface area contributed by atoms with Gasteiger partial charge in [-0.05, 0) is 51.7 Å². The fourth-order valence-corrected chi connectivity index (χ4v) is 7.33. The van der Waals surface area contributed by atoms with Gasteiger partial charge < -0.3 is 23.6 Å². The van der Waals surface area contributed by atoms with Crippen LogP contribution in [0.4, 0.5) is 0 Å². The van der Waals surface area contributed by atoms with E-state index in [-0.39, 0.29) is 48.7 Å². The van der Waals surface area contributed by atoms with Crippen molar-refractivity contribution in [2.24, 2.45) is 35.2 Å². The van der Waals surface area contributed by atoms with Crippen molar-refractivity contribution in [1.29, 1.82) is 0 Å². The zero-order chi connectivity index (χ0) is 70.9. The summed E-state index contributed by atoms with van der Waals surface area (Å²) in [5.41, 5.74) is 11.7. The Balaban J connectivity index is 0.000000512. The summed E-state index contributed by atoms with van der Waals surface area (Å²) in [6.07, 6.45) is 17.4. The Hall–Kier alpha value is -7.25. The summed E-state index contributed by atoms with van der Waals surface area (Å²) in [6.45, 7) is 67.9. The lowest BCUT2D eigenvalue weighted by Crippen LogP contribution is -2.13. The smallest absolute Gasteiger partial charge is 0.155 e. The molecule has 0 radical (unpaired) electrons. The van der Waals surface area contributed by atoms with E-state index in [1.165, 1.54) is 22.6 Å². The van der Waals surface area contributed by atoms with Crippen molar-refractivity contribution in [2.45, 2.75) is 270 Å². The first-order valence-corrected chi connectivity index (χ1v) is 31.6. The van der Waals surface area contributed by atoms with Crippen LogP contribution >= 0.6 is 0 Å². The highest BCUT2D eigenvalue weighted by molar-refractivity contribution is 5.20. The second-order valence-electron chi connectivity index (χ2n) is 32.9. The van der Waals surface area contributed by atoms with Gasteiger partial charge in [0.05, 0.1) is 47.3 Å². The number of aromatic nitrogens is 19. The summed E-state index contributed by atoms with van der Waals surface area (Å²) < 4.78 is 14.5. The molecule has 0 aliphatic carbocycles. The maximum atomic E-state index is 5.08. The highest BCUT2D eigenvalue weighted by Crippen LogP contribution is 2.26. The average molecular weight is 1260 g/mol. The normalized spacial score (nSPS) is 12.0. The first-order valence-electron chi connectivity index (χ1n) is 31.6. The maximum Gasteiger partial charge on any atom is 0.155 e. The zero-order valence-corrected chi connectivity index (χ0v) is 63.9. The fraction of sp³-hybridized carbons (Fsp3) is 0.648. The van der Waals surface area contributed by atoms with Crippen LogP contribution in [0.25, 0.3) is 0 Å². The maximum absolute atomic E-state index is 5.08. The average Bonchev–Trinajstić information content (AvgIpc) is 1.94. The molecule has 0 fully saturated rings. The summed E-state index contributed by atoms with van der Waals surface area (Å²) >= 11 is 0. The van der Waals surface area contributed by atoms with Crippen molar-refractivity contribution in [3.05, 3.63) is 148 Å². The third-order valence-electron chi connectivity index (χ3n) is 13.4. The van der Waals surface area contributed by atoms with Crippen molar-refractivity contribution < 1.29 is 4.52 Å². The third-order valence-corrected chi connectivity index (χ3v) is 13.4. The van der Waals surface area contributed by atoms with Crippen LogP contribution in [0.15, 0.2) is 72.7 Å². The van der Waals surface area contributed by atoms with Gasteiger partial charge >= 0.3 is 0 Å². The summed E-state index contributed by atoms with van der Waals surface area (Å²) in [6, 6.07) is 4.03. The second-order valence-corrected chi connectivity index (χ2v) is 32.9. The monoisotopic (exact) mass is 1260 g/mol. The van der Waals surface area contributed by atoms with Crippen LogP contribution in [0.5, 0.6) is 0 Å². The van der Waals surface area contributed by atoms with Crippen molar-refractivity contribution >= 4 is 0 Å². The lowest BCUT2D eigenvalue weighted by Gasteiger charge is -2.16. The molecule has 20 heteroatoms. The number of aryl methyl sites for hydroxylation is 9. The van der Waals surface area contributed by atoms with Crippen LogP contribution in [0.1, 0.15) is 267 Å². The molecule has 0 aromatic carbocycles. The van der Waals surface area contributed by atoms with E-state index in [9.17, 15) is 0 Å². The molecule has 0 unspecified atom stereocenters. The Kier molecular flexibility index (Phi) is 29.5. The van der Waals surface area contributed by atoms with Crippen LogP contribution in [-0.2, 0) is 84.0 Å². The molecule has 0 bridgehead atoms. The first-order chi connectivity index (χ1) is 40.9. The molecule has 0 aliphatic heterocycles. The van der Waals surface area contributed by atoms with Crippen molar-refractivity contribution in [3.63, 3.8) is 0 Å². The van der Waals surface area contributed by atoms with E-state index >= 15 is 0 Å². The highest BCUT2D eigenvalue weighted by atomic mass is 16.5. The van der Waals surface area contributed by atoms with Crippen molar-refractivity contribution in [1.82, 2.24) is 93.9 Å². The summed E-state index contributed by atoms with van der Waals surface area (Å²) in [5.74, 6) is 4.76. The zero-order valence-electron chi connectivity index (χ0n) is 63.9. The van der Waals surface area contributed by atoms with Gasteiger partial charge in [0.25, 0.3) is 0 Å². The van der Waals surface area contributed by atoms with Crippen LogP contribution in [0.2, 0.25) is 0 Å². The van der Waals surface area contributed by atoms with Crippen LogP contribution < -0.4 is 0 Å². The highest BCUT2D eigenvalue weighted by Gasteiger charge is 2.23. The predicted molar refractivity (Wildman–Crippen MR) is 376 cm³/mol.